The second-order valence-corrected chi connectivity index (χ2v) is 6.07. The third-order valence-corrected chi connectivity index (χ3v) is 4.38. The summed E-state index contributed by atoms with van der Waals surface area (Å²) in [5, 5.41) is 0.383. The molecule has 25 heavy (non-hydrogen) atoms. The number of hydrogen-bond acceptors (Lipinski definition) is 2. The standard InChI is InChI=1S/C18H15ClF3NO2/c1-2-15-16(24)23(12-7-5-6-11(10-12)18(20,21)22)17(25-15)13-8-3-4-9-14(13)19/h3-10,15,17H,2H2,1H3. The highest BCUT2D eigenvalue weighted by molar-refractivity contribution is 6.31. The first-order valence-corrected chi connectivity index (χ1v) is 8.11. The molecule has 2 atom stereocenters. The van der Waals surface area contributed by atoms with Crippen molar-refractivity contribution in [2.24, 2.45) is 0 Å². The van der Waals surface area contributed by atoms with Gasteiger partial charge in [-0.25, -0.2) is 0 Å². The Morgan fingerprint density at radius 1 is 1.16 bits per heavy atom. The summed E-state index contributed by atoms with van der Waals surface area (Å²) < 4.78 is 44.9. The maximum absolute atomic E-state index is 13.0. The zero-order chi connectivity index (χ0) is 18.2. The molecule has 0 spiro atoms. The van der Waals surface area contributed by atoms with Gasteiger partial charge in [-0.15, -0.1) is 0 Å². The molecule has 3 rings (SSSR count). The maximum Gasteiger partial charge on any atom is 0.416 e. The molecule has 1 amide bonds. The van der Waals surface area contributed by atoms with Crippen molar-refractivity contribution in [1.29, 1.82) is 0 Å². The van der Waals surface area contributed by atoms with Crippen LogP contribution in [0.4, 0.5) is 18.9 Å². The second-order valence-electron chi connectivity index (χ2n) is 5.66. The molecular weight excluding hydrogens is 355 g/mol. The predicted octanol–water partition coefficient (Wildman–Crippen LogP) is 5.20. The van der Waals surface area contributed by atoms with Crippen LogP contribution in [0.2, 0.25) is 5.02 Å². The molecule has 3 nitrogen and oxygen atoms in total. The fraction of sp³-hybridized carbons (Fsp3) is 0.278. The smallest absolute Gasteiger partial charge is 0.340 e. The van der Waals surface area contributed by atoms with Gasteiger partial charge in [-0.05, 0) is 30.7 Å². The Morgan fingerprint density at radius 3 is 2.52 bits per heavy atom. The molecular formula is C18H15ClF3NO2. The Balaban J connectivity index is 2.08. The van der Waals surface area contributed by atoms with Crippen molar-refractivity contribution in [3.63, 3.8) is 0 Å². The van der Waals surface area contributed by atoms with Gasteiger partial charge in [-0.1, -0.05) is 42.8 Å². The minimum absolute atomic E-state index is 0.126. The summed E-state index contributed by atoms with van der Waals surface area (Å²) in [6.07, 6.45) is -5.68. The van der Waals surface area contributed by atoms with Gasteiger partial charge < -0.3 is 4.74 Å². The van der Waals surface area contributed by atoms with Crippen molar-refractivity contribution in [1.82, 2.24) is 0 Å². The Bertz CT molecular complexity index is 794. The number of benzene rings is 2. The average Bonchev–Trinajstić information content (AvgIpc) is 2.91. The van der Waals surface area contributed by atoms with Crippen LogP contribution in [0.1, 0.15) is 30.7 Å². The number of ether oxygens (including phenoxy) is 1. The largest absolute Gasteiger partial charge is 0.416 e. The molecule has 0 aliphatic carbocycles. The molecule has 0 N–H and O–H groups in total. The topological polar surface area (TPSA) is 29.5 Å². The van der Waals surface area contributed by atoms with Crippen LogP contribution in [0.5, 0.6) is 0 Å². The lowest BCUT2D eigenvalue weighted by Crippen LogP contribution is -2.31. The fourth-order valence-corrected chi connectivity index (χ4v) is 3.03. The Morgan fingerprint density at radius 2 is 1.88 bits per heavy atom. The number of halogens is 4. The minimum atomic E-state index is -4.50. The molecule has 1 heterocycles. The van der Waals surface area contributed by atoms with Gasteiger partial charge in [0.1, 0.15) is 6.10 Å². The van der Waals surface area contributed by atoms with E-state index in [-0.39, 0.29) is 11.6 Å². The number of alkyl halides is 3. The SMILES string of the molecule is CCC1OC(c2ccccc2Cl)N(c2cccc(C(F)(F)F)c2)C1=O. The van der Waals surface area contributed by atoms with Crippen LogP contribution >= 0.6 is 11.6 Å². The quantitative estimate of drug-likeness (QED) is 0.744. The van der Waals surface area contributed by atoms with Gasteiger partial charge >= 0.3 is 6.18 Å². The molecule has 132 valence electrons. The van der Waals surface area contributed by atoms with E-state index >= 15 is 0 Å². The zero-order valence-corrected chi connectivity index (χ0v) is 14.0. The monoisotopic (exact) mass is 369 g/mol. The summed E-state index contributed by atoms with van der Waals surface area (Å²) in [6, 6.07) is 11.4. The molecule has 1 aliphatic heterocycles. The van der Waals surface area contributed by atoms with Crippen LogP contribution in [-0.4, -0.2) is 12.0 Å². The number of anilines is 1. The lowest BCUT2D eigenvalue weighted by atomic mass is 10.1. The van der Waals surface area contributed by atoms with Crippen LogP contribution in [0.15, 0.2) is 48.5 Å². The van der Waals surface area contributed by atoms with Gasteiger partial charge in [-0.3, -0.25) is 9.69 Å². The highest BCUT2D eigenvalue weighted by atomic mass is 35.5. The molecule has 2 aromatic carbocycles. The first-order valence-electron chi connectivity index (χ1n) is 7.73. The summed E-state index contributed by atoms with van der Waals surface area (Å²) >= 11 is 6.20. The summed E-state index contributed by atoms with van der Waals surface area (Å²) in [5.41, 5.74) is -0.165. The summed E-state index contributed by atoms with van der Waals surface area (Å²) in [7, 11) is 0. The normalized spacial score (nSPS) is 21.0. The van der Waals surface area contributed by atoms with Crippen LogP contribution in [0.3, 0.4) is 0 Å². The van der Waals surface area contributed by atoms with Gasteiger partial charge in [0.15, 0.2) is 6.23 Å². The molecule has 0 radical (unpaired) electrons. The molecule has 1 saturated heterocycles. The van der Waals surface area contributed by atoms with Gasteiger partial charge in [0.25, 0.3) is 5.91 Å². The number of rotatable bonds is 3. The number of carbonyl (C=O) groups excluding carboxylic acids is 1. The van der Waals surface area contributed by atoms with Crippen molar-refractivity contribution in [2.75, 3.05) is 4.90 Å². The fourth-order valence-electron chi connectivity index (χ4n) is 2.80. The number of nitrogens with zero attached hydrogens (tertiary/aromatic N) is 1. The summed E-state index contributed by atoms with van der Waals surface area (Å²) in [6.45, 7) is 1.78. The Hall–Kier alpha value is -2.05. The molecule has 1 fully saturated rings. The molecule has 2 unspecified atom stereocenters. The van der Waals surface area contributed by atoms with Crippen molar-refractivity contribution in [3.8, 4) is 0 Å². The summed E-state index contributed by atoms with van der Waals surface area (Å²) in [5.74, 6) is -0.383. The van der Waals surface area contributed by atoms with E-state index in [2.05, 4.69) is 0 Å². The van der Waals surface area contributed by atoms with E-state index < -0.39 is 24.1 Å². The molecule has 0 saturated carbocycles. The lowest BCUT2D eigenvalue weighted by Gasteiger charge is -2.24. The van der Waals surface area contributed by atoms with Gasteiger partial charge in [0.05, 0.1) is 5.56 Å². The molecule has 7 heteroatoms. The van der Waals surface area contributed by atoms with Crippen LogP contribution in [0, 0.1) is 0 Å². The van der Waals surface area contributed by atoms with E-state index in [1.807, 2.05) is 0 Å². The van der Waals surface area contributed by atoms with Crippen molar-refractivity contribution < 1.29 is 22.7 Å². The number of carbonyl (C=O) groups is 1. The van der Waals surface area contributed by atoms with Gasteiger partial charge in [-0.2, -0.15) is 13.2 Å². The van der Waals surface area contributed by atoms with E-state index in [0.29, 0.717) is 17.0 Å². The highest BCUT2D eigenvalue weighted by Crippen LogP contribution is 2.40. The lowest BCUT2D eigenvalue weighted by molar-refractivity contribution is -0.137. The predicted molar refractivity (Wildman–Crippen MR) is 88.3 cm³/mol. The van der Waals surface area contributed by atoms with Crippen molar-refractivity contribution in [3.05, 3.63) is 64.7 Å². The average molecular weight is 370 g/mol. The molecule has 1 aliphatic rings. The van der Waals surface area contributed by atoms with E-state index in [1.165, 1.54) is 17.0 Å². The van der Waals surface area contributed by atoms with Crippen LogP contribution in [0.25, 0.3) is 0 Å². The van der Waals surface area contributed by atoms with Crippen LogP contribution in [-0.2, 0) is 15.7 Å². The Labute approximate surface area is 148 Å². The summed E-state index contributed by atoms with van der Waals surface area (Å²) in [4.78, 5) is 13.9. The first kappa shape index (κ1) is 17.8. The van der Waals surface area contributed by atoms with Gasteiger partial charge in [0, 0.05) is 16.3 Å². The minimum Gasteiger partial charge on any atom is -0.340 e. The maximum atomic E-state index is 13.0. The first-order chi connectivity index (χ1) is 11.8. The third-order valence-electron chi connectivity index (χ3n) is 4.03. The molecule has 0 bridgehead atoms. The Kier molecular flexibility index (Phi) is 4.75. The van der Waals surface area contributed by atoms with Gasteiger partial charge in [0.2, 0.25) is 0 Å². The zero-order valence-electron chi connectivity index (χ0n) is 13.3. The third kappa shape index (κ3) is 3.37. The van der Waals surface area contributed by atoms with E-state index in [0.717, 1.165) is 12.1 Å². The van der Waals surface area contributed by atoms with E-state index in [1.54, 1.807) is 31.2 Å². The number of hydrogen-bond donors (Lipinski definition) is 0. The second kappa shape index (κ2) is 6.69. The van der Waals surface area contributed by atoms with Crippen LogP contribution < -0.4 is 4.90 Å². The molecule has 0 aromatic heterocycles. The van der Waals surface area contributed by atoms with Crippen molar-refractivity contribution in [2.45, 2.75) is 31.9 Å². The van der Waals surface area contributed by atoms with Crippen molar-refractivity contribution >= 4 is 23.2 Å². The van der Waals surface area contributed by atoms with E-state index in [4.69, 9.17) is 16.3 Å². The molecule has 2 aromatic rings. The number of amides is 1. The highest BCUT2D eigenvalue weighted by Gasteiger charge is 2.42. The van der Waals surface area contributed by atoms with E-state index in [9.17, 15) is 18.0 Å².